The van der Waals surface area contributed by atoms with Gasteiger partial charge in [0.2, 0.25) is 0 Å². The van der Waals surface area contributed by atoms with Gasteiger partial charge in [0.15, 0.2) is 5.69 Å². The molecule has 0 spiro atoms. The van der Waals surface area contributed by atoms with E-state index in [9.17, 15) is 18.0 Å². The molecule has 0 radical (unpaired) electrons. The molecule has 4 heterocycles. The Morgan fingerprint density at radius 3 is 2.50 bits per heavy atom. The summed E-state index contributed by atoms with van der Waals surface area (Å²) in [5.74, 6) is 0.551. The summed E-state index contributed by atoms with van der Waals surface area (Å²) in [4.78, 5) is 24.4. The minimum Gasteiger partial charge on any atom is -0.331 e. The van der Waals surface area contributed by atoms with Crippen molar-refractivity contribution in [3.63, 3.8) is 0 Å². The third-order valence-corrected chi connectivity index (χ3v) is 7.22. The van der Waals surface area contributed by atoms with E-state index in [1.54, 1.807) is 29.4 Å². The van der Waals surface area contributed by atoms with Crippen molar-refractivity contribution in [2.75, 3.05) is 6.54 Å². The van der Waals surface area contributed by atoms with Gasteiger partial charge in [0, 0.05) is 56.1 Å². The monoisotopic (exact) mass is 522 g/mol. The lowest BCUT2D eigenvalue weighted by Gasteiger charge is -2.34. The van der Waals surface area contributed by atoms with Crippen molar-refractivity contribution in [3.8, 4) is 11.1 Å². The maximum Gasteiger partial charge on any atom is 0.435 e. The lowest BCUT2D eigenvalue weighted by Crippen LogP contribution is -2.40. The average molecular weight is 523 g/mol. The fraction of sp³-hybridized carbons (Fsp3) is 0.357. The summed E-state index contributed by atoms with van der Waals surface area (Å²) in [5.41, 5.74) is 3.07. The van der Waals surface area contributed by atoms with Gasteiger partial charge in [0.25, 0.3) is 5.91 Å². The number of rotatable bonds is 6. The number of hydrogen-bond acceptors (Lipinski definition) is 4. The summed E-state index contributed by atoms with van der Waals surface area (Å²) >= 11 is 0. The van der Waals surface area contributed by atoms with Gasteiger partial charge in [0.1, 0.15) is 5.82 Å². The summed E-state index contributed by atoms with van der Waals surface area (Å²) in [7, 11) is 1.47. The number of carbonyl (C=O) groups is 1. The van der Waals surface area contributed by atoms with Crippen LogP contribution in [0, 0.1) is 6.92 Å². The van der Waals surface area contributed by atoms with Crippen LogP contribution in [-0.4, -0.2) is 41.7 Å². The molecule has 0 saturated carbocycles. The molecule has 1 aliphatic heterocycles. The predicted octanol–water partition coefficient (Wildman–Crippen LogP) is 5.38. The Bertz CT molecular complexity index is 1500. The first-order valence-electron chi connectivity index (χ1n) is 12.6. The molecule has 0 saturated heterocycles. The Hall–Kier alpha value is -3.95. The average Bonchev–Trinajstić information content (AvgIpc) is 3.48. The summed E-state index contributed by atoms with van der Waals surface area (Å²) in [6.45, 7) is 6.60. The molecule has 0 fully saturated rings. The van der Waals surface area contributed by atoms with E-state index in [-0.39, 0.29) is 17.5 Å². The molecule has 0 bridgehead atoms. The smallest absolute Gasteiger partial charge is 0.331 e. The number of halogens is 3. The van der Waals surface area contributed by atoms with Gasteiger partial charge in [-0.1, -0.05) is 6.92 Å². The number of amides is 1. The molecule has 4 aromatic rings. The Kier molecular flexibility index (Phi) is 6.58. The number of aromatic nitrogens is 5. The number of pyridine rings is 1. The molecule has 5 rings (SSSR count). The molecular weight excluding hydrogens is 493 g/mol. The quantitative estimate of drug-likeness (QED) is 0.341. The summed E-state index contributed by atoms with van der Waals surface area (Å²) in [6.07, 6.45) is 3.25. The fourth-order valence-corrected chi connectivity index (χ4v) is 5.15. The van der Waals surface area contributed by atoms with Crippen molar-refractivity contribution >= 4 is 5.91 Å². The summed E-state index contributed by atoms with van der Waals surface area (Å²) < 4.78 is 45.0. The first-order valence-corrected chi connectivity index (χ1v) is 12.6. The second kappa shape index (κ2) is 9.74. The Morgan fingerprint density at radius 1 is 1.05 bits per heavy atom. The van der Waals surface area contributed by atoms with Crippen LogP contribution in [-0.2, 0) is 32.6 Å². The second-order valence-electron chi connectivity index (χ2n) is 9.70. The van der Waals surface area contributed by atoms with Gasteiger partial charge in [-0.3, -0.25) is 14.5 Å². The minimum absolute atomic E-state index is 0.0212. The number of imidazole rings is 1. The standard InChI is InChI=1S/C28H29F3N6O/c1-5-19-6-8-33-25(14-19)17(2)37-10-7-21-22(24-16-35(4)34-26(24)28(29,30)31)12-20(13-23(21)27(37)38)15-36-11-9-32-18(36)3/h6,8-9,11-14,16-17H,5,7,10,15H2,1-4H3/t17-/m0/s1. The molecule has 198 valence electrons. The number of alkyl halides is 3. The zero-order valence-electron chi connectivity index (χ0n) is 21.8. The van der Waals surface area contributed by atoms with Crippen LogP contribution in [0.4, 0.5) is 13.2 Å². The zero-order chi connectivity index (χ0) is 27.2. The Labute approximate surface area is 218 Å². The first kappa shape index (κ1) is 25.7. The third-order valence-electron chi connectivity index (χ3n) is 7.22. The van der Waals surface area contributed by atoms with Crippen molar-refractivity contribution in [1.82, 2.24) is 29.2 Å². The van der Waals surface area contributed by atoms with Crippen molar-refractivity contribution in [3.05, 3.63) is 88.5 Å². The fourth-order valence-electron chi connectivity index (χ4n) is 5.15. The van der Waals surface area contributed by atoms with Crippen LogP contribution in [0.1, 0.15) is 64.1 Å². The van der Waals surface area contributed by atoms with Gasteiger partial charge in [-0.05, 0) is 73.2 Å². The molecule has 1 aliphatic rings. The molecule has 10 heteroatoms. The normalized spacial score (nSPS) is 14.6. The number of fused-ring (bicyclic) bond motifs is 1. The van der Waals surface area contributed by atoms with Crippen molar-refractivity contribution in [1.29, 1.82) is 0 Å². The van der Waals surface area contributed by atoms with E-state index in [4.69, 9.17) is 0 Å². The predicted molar refractivity (Wildman–Crippen MR) is 136 cm³/mol. The number of nitrogens with zero attached hydrogens (tertiary/aromatic N) is 6. The number of aryl methyl sites for hydroxylation is 3. The highest BCUT2D eigenvalue weighted by Gasteiger charge is 2.39. The highest BCUT2D eigenvalue weighted by Crippen LogP contribution is 2.40. The van der Waals surface area contributed by atoms with E-state index in [0.717, 1.165) is 23.5 Å². The van der Waals surface area contributed by atoms with E-state index >= 15 is 0 Å². The minimum atomic E-state index is -4.63. The van der Waals surface area contributed by atoms with E-state index in [1.807, 2.05) is 36.7 Å². The molecule has 1 aromatic carbocycles. The molecular formula is C28H29F3N6O. The van der Waals surface area contributed by atoms with Crippen LogP contribution in [0.3, 0.4) is 0 Å². The topological polar surface area (TPSA) is 68.8 Å². The van der Waals surface area contributed by atoms with Crippen LogP contribution >= 0.6 is 0 Å². The summed E-state index contributed by atoms with van der Waals surface area (Å²) in [5, 5.41) is 3.72. The lowest BCUT2D eigenvalue weighted by atomic mass is 9.87. The number of carbonyl (C=O) groups excluding carboxylic acids is 1. The molecule has 3 aromatic heterocycles. The van der Waals surface area contributed by atoms with E-state index in [2.05, 4.69) is 22.0 Å². The van der Waals surface area contributed by atoms with Gasteiger partial charge in [0.05, 0.1) is 11.7 Å². The summed E-state index contributed by atoms with van der Waals surface area (Å²) in [6, 6.07) is 7.23. The largest absolute Gasteiger partial charge is 0.435 e. The van der Waals surface area contributed by atoms with Crippen LogP contribution < -0.4 is 0 Å². The molecule has 1 amide bonds. The van der Waals surface area contributed by atoms with Gasteiger partial charge in [-0.15, -0.1) is 0 Å². The van der Waals surface area contributed by atoms with Crippen molar-refractivity contribution < 1.29 is 18.0 Å². The highest BCUT2D eigenvalue weighted by atomic mass is 19.4. The number of benzene rings is 1. The molecule has 0 aliphatic carbocycles. The van der Waals surface area contributed by atoms with E-state index in [0.29, 0.717) is 41.8 Å². The molecule has 7 nitrogen and oxygen atoms in total. The second-order valence-corrected chi connectivity index (χ2v) is 9.70. The van der Waals surface area contributed by atoms with Crippen molar-refractivity contribution in [2.24, 2.45) is 7.05 Å². The van der Waals surface area contributed by atoms with E-state index in [1.165, 1.54) is 17.9 Å². The van der Waals surface area contributed by atoms with Crippen LogP contribution in [0.5, 0.6) is 0 Å². The molecule has 0 N–H and O–H groups in total. The lowest BCUT2D eigenvalue weighted by molar-refractivity contribution is -0.140. The molecule has 0 unspecified atom stereocenters. The van der Waals surface area contributed by atoms with Gasteiger partial charge >= 0.3 is 6.18 Å². The highest BCUT2D eigenvalue weighted by molar-refractivity contribution is 5.99. The van der Waals surface area contributed by atoms with E-state index < -0.39 is 11.9 Å². The van der Waals surface area contributed by atoms with Gasteiger partial charge in [-0.25, -0.2) is 4.98 Å². The van der Waals surface area contributed by atoms with Crippen molar-refractivity contribution in [2.45, 2.75) is 52.4 Å². The Morgan fingerprint density at radius 2 is 1.82 bits per heavy atom. The number of hydrogen-bond donors (Lipinski definition) is 0. The third kappa shape index (κ3) is 4.70. The molecule has 1 atom stereocenters. The van der Waals surface area contributed by atoms with Gasteiger partial charge < -0.3 is 9.47 Å². The van der Waals surface area contributed by atoms with Gasteiger partial charge in [-0.2, -0.15) is 18.3 Å². The van der Waals surface area contributed by atoms with Crippen LogP contribution in [0.15, 0.2) is 49.1 Å². The molecule has 38 heavy (non-hydrogen) atoms. The maximum atomic E-state index is 14.0. The van der Waals surface area contributed by atoms with Crippen LogP contribution in [0.2, 0.25) is 0 Å². The zero-order valence-corrected chi connectivity index (χ0v) is 21.8. The maximum absolute atomic E-state index is 14.0. The SMILES string of the molecule is CCc1ccnc([C@H](C)N2CCc3c(cc(Cn4ccnc4C)cc3-c3cn(C)nc3C(F)(F)F)C2=O)c1. The Balaban J connectivity index is 1.62. The van der Waals surface area contributed by atoms with Crippen LogP contribution in [0.25, 0.3) is 11.1 Å². The first-order chi connectivity index (χ1) is 18.1.